The highest BCUT2D eigenvalue weighted by molar-refractivity contribution is 7.90. The third-order valence-corrected chi connectivity index (χ3v) is 11.7. The fraction of sp³-hybridized carbons (Fsp3) is 0.417. The first-order valence-corrected chi connectivity index (χ1v) is 18.0. The van der Waals surface area contributed by atoms with Crippen LogP contribution in [0.4, 0.5) is 28.0 Å². The van der Waals surface area contributed by atoms with Gasteiger partial charge in [-0.2, -0.15) is 9.30 Å². The van der Waals surface area contributed by atoms with Gasteiger partial charge in [0.25, 0.3) is 0 Å². The number of rotatable bonds is 12. The number of amides is 2. The topological polar surface area (TPSA) is 117 Å². The van der Waals surface area contributed by atoms with Crippen molar-refractivity contribution in [3.63, 3.8) is 0 Å². The summed E-state index contributed by atoms with van der Waals surface area (Å²) < 4.78 is 91.3. The third kappa shape index (κ3) is 8.59. The Labute approximate surface area is 289 Å². The number of ether oxygens (including phenoxy) is 1. The molecule has 2 fully saturated rings. The van der Waals surface area contributed by atoms with Crippen LogP contribution in [0.2, 0.25) is 0 Å². The minimum absolute atomic E-state index is 0.00848. The molecule has 0 bridgehead atoms. The fourth-order valence-corrected chi connectivity index (χ4v) is 8.97. The molecule has 50 heavy (non-hydrogen) atoms. The number of hydrogen-bond acceptors (Lipinski definition) is 6. The van der Waals surface area contributed by atoms with E-state index in [1.54, 1.807) is 4.31 Å². The number of carbonyl (C=O) groups is 2. The van der Waals surface area contributed by atoms with Crippen molar-refractivity contribution in [1.29, 1.82) is 0 Å². The molecule has 268 valence electrons. The lowest BCUT2D eigenvalue weighted by molar-refractivity contribution is -0.118. The van der Waals surface area contributed by atoms with Gasteiger partial charge in [-0.3, -0.25) is 4.79 Å². The normalized spacial score (nSPS) is 19.9. The fourth-order valence-electron chi connectivity index (χ4n) is 6.72. The maximum Gasteiger partial charge on any atom is 0.433 e. The molecule has 0 spiro atoms. The number of carbonyl (C=O) groups excluding carboxylic acids is 2. The van der Waals surface area contributed by atoms with E-state index in [9.17, 15) is 31.2 Å². The van der Waals surface area contributed by atoms with Gasteiger partial charge >= 0.3 is 6.09 Å². The first-order valence-electron chi connectivity index (χ1n) is 16.5. The molecular formula is C36H40F4N4O5S. The first kappa shape index (κ1) is 37.1. The highest BCUT2D eigenvalue weighted by Crippen LogP contribution is 2.37. The molecule has 2 N–H and O–H groups in total. The molecule has 3 aromatic rings. The second-order valence-electron chi connectivity index (χ2n) is 12.8. The maximum absolute atomic E-state index is 15.4. The van der Waals surface area contributed by atoms with Crippen LogP contribution in [0.25, 0.3) is 0 Å². The molecule has 4 atom stereocenters. The highest BCUT2D eigenvalue weighted by atomic mass is 32.2. The molecule has 1 heterocycles. The van der Waals surface area contributed by atoms with Gasteiger partial charge in [-0.05, 0) is 93.5 Å². The van der Waals surface area contributed by atoms with Crippen LogP contribution in [0.5, 0.6) is 0 Å². The zero-order valence-electron chi connectivity index (χ0n) is 28.0. The van der Waals surface area contributed by atoms with E-state index in [4.69, 9.17) is 0 Å². The summed E-state index contributed by atoms with van der Waals surface area (Å²) in [6.45, 7) is 4.24. The summed E-state index contributed by atoms with van der Waals surface area (Å²) in [5, 5.41) is 5.67. The van der Waals surface area contributed by atoms with Crippen molar-refractivity contribution < 1.29 is 40.3 Å². The Kier molecular flexibility index (Phi) is 11.7. The predicted octanol–water partition coefficient (Wildman–Crippen LogP) is 6.33. The van der Waals surface area contributed by atoms with Gasteiger partial charge in [0.15, 0.2) is 0 Å². The van der Waals surface area contributed by atoms with Crippen molar-refractivity contribution in [3.05, 3.63) is 101 Å². The predicted molar refractivity (Wildman–Crippen MR) is 181 cm³/mol. The van der Waals surface area contributed by atoms with E-state index < -0.39 is 57.1 Å². The second-order valence-corrected chi connectivity index (χ2v) is 14.9. The van der Waals surface area contributed by atoms with Crippen molar-refractivity contribution in [2.75, 3.05) is 25.5 Å². The number of benzene rings is 3. The molecule has 2 aliphatic rings. The number of sulfonamides is 1. The van der Waals surface area contributed by atoms with Gasteiger partial charge in [-0.25, -0.2) is 30.8 Å². The summed E-state index contributed by atoms with van der Waals surface area (Å²) in [5.74, 6) is -6.40. The van der Waals surface area contributed by atoms with E-state index in [0.29, 0.717) is 44.8 Å². The number of nitrogens with zero attached hydrogens (tertiary/aromatic N) is 2. The van der Waals surface area contributed by atoms with E-state index in [-0.39, 0.29) is 51.8 Å². The number of piperazine rings is 1. The first-order chi connectivity index (χ1) is 23.8. The van der Waals surface area contributed by atoms with Crippen molar-refractivity contribution in [2.45, 2.75) is 69.2 Å². The minimum atomic E-state index is -3.45. The lowest BCUT2D eigenvalue weighted by Crippen LogP contribution is -2.58. The number of methoxy groups -OCH3 is 1. The number of anilines is 1. The molecule has 14 heteroatoms. The second kappa shape index (κ2) is 15.8. The van der Waals surface area contributed by atoms with Crippen LogP contribution < -0.4 is 10.6 Å². The summed E-state index contributed by atoms with van der Waals surface area (Å²) in [5.41, 5.74) is 0.505. The lowest BCUT2D eigenvalue weighted by atomic mass is 9.77. The monoisotopic (exact) mass is 716 g/mol. The number of halogens is 4. The molecule has 1 aliphatic heterocycles. The Hall–Kier alpha value is -4.14. The van der Waals surface area contributed by atoms with Gasteiger partial charge in [0.2, 0.25) is 15.9 Å². The summed E-state index contributed by atoms with van der Waals surface area (Å²) in [6.07, 6.45) is 1.25. The van der Waals surface area contributed by atoms with Gasteiger partial charge in [0, 0.05) is 54.1 Å². The van der Waals surface area contributed by atoms with E-state index in [1.807, 2.05) is 6.92 Å². The van der Waals surface area contributed by atoms with E-state index >= 15 is 4.39 Å². The Balaban J connectivity index is 1.46. The Bertz CT molecular complexity index is 1830. The van der Waals surface area contributed by atoms with Crippen LogP contribution >= 0.6 is 0 Å². The molecule has 5 rings (SSSR count). The van der Waals surface area contributed by atoms with Crippen molar-refractivity contribution in [2.24, 2.45) is 10.9 Å². The number of aliphatic imine (C=N–C) groups is 1. The van der Waals surface area contributed by atoms with Crippen molar-refractivity contribution in [1.82, 2.24) is 9.62 Å². The van der Waals surface area contributed by atoms with Gasteiger partial charge < -0.3 is 15.4 Å². The van der Waals surface area contributed by atoms with Crippen LogP contribution in [0, 0.1) is 29.2 Å². The van der Waals surface area contributed by atoms with Crippen LogP contribution in [0.3, 0.4) is 0 Å². The van der Waals surface area contributed by atoms with E-state index in [1.165, 1.54) is 37.3 Å². The van der Waals surface area contributed by atoms with Crippen LogP contribution in [0.1, 0.15) is 62.1 Å². The Morgan fingerprint density at radius 2 is 1.66 bits per heavy atom. The standard InChI is InChI=1S/C36H40F4N4O5S/c1-21-19-41-20-28(44(21)50(47,48)29-14-15-29)6-4-7-30-31(40)8-5-9-32(30)43-35(45)33(22(2)42-36(46)49-3)34(23-10-12-25(37)13-11-23)24-16-26(38)18-27(39)17-24/h5,8-13,16-18,21,28-29,33-34,41H,4,6-7,14-15,19-20H2,1-3H3,(H,43,45). The average Bonchev–Trinajstić information content (AvgIpc) is 3.91. The molecular weight excluding hydrogens is 676 g/mol. The minimum Gasteiger partial charge on any atom is -0.451 e. The van der Waals surface area contributed by atoms with Crippen LogP contribution in [-0.4, -0.2) is 68.0 Å². The van der Waals surface area contributed by atoms with Crippen molar-refractivity contribution in [3.8, 4) is 0 Å². The SMILES string of the molecule is COC(=O)N=C(C)C(C(=O)Nc1cccc(F)c1CCCC1CNCC(C)N1S(=O)(=O)C1CC1)C(c1ccc(F)cc1)c1cc(F)cc(F)c1. The summed E-state index contributed by atoms with van der Waals surface area (Å²) >= 11 is 0. The van der Waals surface area contributed by atoms with Crippen LogP contribution in [-0.2, 0) is 26.0 Å². The largest absolute Gasteiger partial charge is 0.451 e. The zero-order chi connectivity index (χ0) is 36.2. The highest BCUT2D eigenvalue weighted by Gasteiger charge is 2.45. The Morgan fingerprint density at radius 1 is 0.980 bits per heavy atom. The molecule has 9 nitrogen and oxygen atoms in total. The maximum atomic E-state index is 15.4. The van der Waals surface area contributed by atoms with E-state index in [0.717, 1.165) is 31.4 Å². The molecule has 1 saturated heterocycles. The van der Waals surface area contributed by atoms with Gasteiger partial charge in [-0.1, -0.05) is 18.2 Å². The summed E-state index contributed by atoms with van der Waals surface area (Å²) in [7, 11) is -2.36. The van der Waals surface area contributed by atoms with Gasteiger partial charge in [0.05, 0.1) is 18.3 Å². The molecule has 0 aromatic heterocycles. The number of nitrogens with one attached hydrogen (secondary N) is 2. The van der Waals surface area contributed by atoms with Gasteiger partial charge in [-0.15, -0.1) is 0 Å². The molecule has 3 aromatic carbocycles. The lowest BCUT2D eigenvalue weighted by Gasteiger charge is -2.40. The summed E-state index contributed by atoms with van der Waals surface area (Å²) in [4.78, 5) is 30.4. The van der Waals surface area contributed by atoms with E-state index in [2.05, 4.69) is 20.4 Å². The zero-order valence-corrected chi connectivity index (χ0v) is 28.8. The van der Waals surface area contributed by atoms with Gasteiger partial charge in [0.1, 0.15) is 23.3 Å². The molecule has 1 saturated carbocycles. The average molecular weight is 717 g/mol. The smallest absolute Gasteiger partial charge is 0.433 e. The Morgan fingerprint density at radius 3 is 2.30 bits per heavy atom. The van der Waals surface area contributed by atoms with Crippen LogP contribution in [0.15, 0.2) is 65.7 Å². The number of hydrogen-bond donors (Lipinski definition) is 2. The quantitative estimate of drug-likeness (QED) is 0.167. The third-order valence-electron chi connectivity index (χ3n) is 9.18. The summed E-state index contributed by atoms with van der Waals surface area (Å²) in [6, 6.07) is 11.3. The molecule has 1 aliphatic carbocycles. The molecule has 0 radical (unpaired) electrons. The molecule has 2 amide bonds. The molecule has 4 unspecified atom stereocenters. The van der Waals surface area contributed by atoms with Crippen molar-refractivity contribution >= 4 is 33.4 Å².